The molecule has 1 aromatic carbocycles. The Morgan fingerprint density at radius 1 is 1.16 bits per heavy atom. The minimum atomic E-state index is -1.48. The van der Waals surface area contributed by atoms with E-state index in [1.807, 2.05) is 0 Å². The van der Waals surface area contributed by atoms with Crippen LogP contribution in [0.5, 0.6) is 0 Å². The first-order chi connectivity index (χ1) is 9.06. The predicted molar refractivity (Wildman–Crippen MR) is 69.2 cm³/mol. The fraction of sp³-hybridized carbons (Fsp3) is 0.154. The Kier molecular flexibility index (Phi) is 4.21. The van der Waals surface area contributed by atoms with Crippen molar-refractivity contribution in [3.63, 3.8) is 0 Å². The van der Waals surface area contributed by atoms with Crippen molar-refractivity contribution >= 4 is 15.9 Å². The van der Waals surface area contributed by atoms with E-state index in [-0.39, 0.29) is 5.56 Å². The molecule has 0 aliphatic rings. The Morgan fingerprint density at radius 3 is 2.53 bits per heavy atom. The second-order valence-corrected chi connectivity index (χ2v) is 4.71. The summed E-state index contributed by atoms with van der Waals surface area (Å²) >= 11 is 3.30. The van der Waals surface area contributed by atoms with E-state index in [1.54, 1.807) is 25.4 Å². The molecule has 1 heterocycles. The van der Waals surface area contributed by atoms with Crippen LogP contribution in [0.1, 0.15) is 17.3 Å². The average Bonchev–Trinajstić information content (AvgIpc) is 2.41. The van der Waals surface area contributed by atoms with Crippen LogP contribution in [0.3, 0.4) is 0 Å². The summed E-state index contributed by atoms with van der Waals surface area (Å²) in [7, 11) is 1.59. The van der Waals surface area contributed by atoms with Crippen LogP contribution < -0.4 is 5.32 Å². The largest absolute Gasteiger partial charge is 0.308 e. The van der Waals surface area contributed by atoms with Crippen molar-refractivity contribution in [1.29, 1.82) is 0 Å². The van der Waals surface area contributed by atoms with Crippen LogP contribution in [0.25, 0.3) is 0 Å². The molecule has 2 nitrogen and oxygen atoms in total. The summed E-state index contributed by atoms with van der Waals surface area (Å²) in [5, 5.41) is 2.84. The molecule has 1 N–H and O–H groups in total. The van der Waals surface area contributed by atoms with Crippen LogP contribution in [0.15, 0.2) is 34.9 Å². The summed E-state index contributed by atoms with van der Waals surface area (Å²) in [6.07, 6.45) is 1.54. The Morgan fingerprint density at radius 2 is 1.89 bits per heavy atom. The number of hydrogen-bond acceptors (Lipinski definition) is 2. The molecule has 100 valence electrons. The number of nitrogens with zero attached hydrogens (tertiary/aromatic N) is 1. The van der Waals surface area contributed by atoms with E-state index in [1.165, 1.54) is 6.07 Å². The first-order valence-corrected chi connectivity index (χ1v) is 6.26. The first-order valence-electron chi connectivity index (χ1n) is 5.47. The minimum Gasteiger partial charge on any atom is -0.308 e. The van der Waals surface area contributed by atoms with Gasteiger partial charge in [0.05, 0.1) is 11.7 Å². The van der Waals surface area contributed by atoms with Gasteiger partial charge in [0.25, 0.3) is 0 Å². The zero-order chi connectivity index (χ0) is 14.0. The van der Waals surface area contributed by atoms with Gasteiger partial charge in [0, 0.05) is 16.2 Å². The van der Waals surface area contributed by atoms with E-state index in [4.69, 9.17) is 0 Å². The van der Waals surface area contributed by atoms with E-state index in [0.29, 0.717) is 10.2 Å². The number of hydrogen-bond donors (Lipinski definition) is 1. The molecule has 0 aliphatic heterocycles. The van der Waals surface area contributed by atoms with Gasteiger partial charge in [0.1, 0.15) is 0 Å². The SMILES string of the molecule is CNC(c1ccc(F)c(F)c1F)c1ncccc1Br. The van der Waals surface area contributed by atoms with Crippen molar-refractivity contribution in [3.8, 4) is 0 Å². The van der Waals surface area contributed by atoms with E-state index < -0.39 is 23.5 Å². The number of aromatic nitrogens is 1. The molecule has 0 amide bonds. The molecule has 0 saturated heterocycles. The van der Waals surface area contributed by atoms with Gasteiger partial charge in [-0.25, -0.2) is 13.2 Å². The lowest BCUT2D eigenvalue weighted by molar-refractivity contribution is 0.434. The first kappa shape index (κ1) is 14.0. The molecule has 1 unspecified atom stereocenters. The van der Waals surface area contributed by atoms with E-state index >= 15 is 0 Å². The summed E-state index contributed by atoms with van der Waals surface area (Å²) in [5.41, 5.74) is 0.496. The lowest BCUT2D eigenvalue weighted by Crippen LogP contribution is -2.21. The van der Waals surface area contributed by atoms with Crippen LogP contribution >= 0.6 is 15.9 Å². The molecular weight excluding hydrogens is 321 g/mol. The molecule has 2 rings (SSSR count). The molecule has 2 aromatic rings. The summed E-state index contributed by atoms with van der Waals surface area (Å²) in [6.45, 7) is 0. The Labute approximate surface area is 116 Å². The van der Waals surface area contributed by atoms with Crippen LogP contribution in [0.4, 0.5) is 13.2 Å². The van der Waals surface area contributed by atoms with Crippen LogP contribution in [-0.4, -0.2) is 12.0 Å². The molecular formula is C13H10BrF3N2. The van der Waals surface area contributed by atoms with E-state index in [0.717, 1.165) is 6.07 Å². The van der Waals surface area contributed by atoms with E-state index in [2.05, 4.69) is 26.2 Å². The fourth-order valence-corrected chi connectivity index (χ4v) is 2.30. The third-order valence-electron chi connectivity index (χ3n) is 2.73. The van der Waals surface area contributed by atoms with Gasteiger partial charge < -0.3 is 5.32 Å². The highest BCUT2D eigenvalue weighted by molar-refractivity contribution is 9.10. The zero-order valence-electron chi connectivity index (χ0n) is 9.92. The normalized spacial score (nSPS) is 12.5. The zero-order valence-corrected chi connectivity index (χ0v) is 11.5. The Hall–Kier alpha value is -1.40. The van der Waals surface area contributed by atoms with E-state index in [9.17, 15) is 13.2 Å². The predicted octanol–water partition coefficient (Wildman–Crippen LogP) is 3.57. The Bertz CT molecular complexity index is 604. The molecule has 0 fully saturated rings. The summed E-state index contributed by atoms with van der Waals surface area (Å²) < 4.78 is 40.7. The van der Waals surface area contributed by atoms with Gasteiger partial charge in [-0.3, -0.25) is 4.98 Å². The second kappa shape index (κ2) is 5.71. The van der Waals surface area contributed by atoms with Crippen molar-refractivity contribution in [2.24, 2.45) is 0 Å². The monoisotopic (exact) mass is 330 g/mol. The lowest BCUT2D eigenvalue weighted by Gasteiger charge is -2.18. The molecule has 6 heteroatoms. The highest BCUT2D eigenvalue weighted by Crippen LogP contribution is 2.29. The fourth-order valence-electron chi connectivity index (χ4n) is 1.81. The smallest absolute Gasteiger partial charge is 0.194 e. The van der Waals surface area contributed by atoms with Gasteiger partial charge in [0.2, 0.25) is 0 Å². The third kappa shape index (κ3) is 2.64. The van der Waals surface area contributed by atoms with Gasteiger partial charge in [-0.05, 0) is 41.2 Å². The van der Waals surface area contributed by atoms with Crippen molar-refractivity contribution < 1.29 is 13.2 Å². The minimum absolute atomic E-state index is 0.000741. The molecule has 0 radical (unpaired) electrons. The third-order valence-corrected chi connectivity index (χ3v) is 3.40. The summed E-state index contributed by atoms with van der Waals surface area (Å²) in [5.74, 6) is -3.90. The number of nitrogens with one attached hydrogen (secondary N) is 1. The summed E-state index contributed by atoms with van der Waals surface area (Å²) in [4.78, 5) is 4.13. The molecule has 0 spiro atoms. The molecule has 0 saturated carbocycles. The van der Waals surface area contributed by atoms with Gasteiger partial charge in [-0.2, -0.15) is 0 Å². The van der Waals surface area contributed by atoms with Crippen LogP contribution in [-0.2, 0) is 0 Å². The molecule has 0 bridgehead atoms. The van der Waals surface area contributed by atoms with Crippen molar-refractivity contribution in [2.75, 3.05) is 7.05 Å². The standard InChI is InChI=1S/C13H10BrF3N2/c1-18-12(13-8(14)3-2-6-19-13)7-4-5-9(15)11(17)10(7)16/h2-6,12,18H,1H3. The van der Waals surface area contributed by atoms with Crippen molar-refractivity contribution in [3.05, 3.63) is 63.6 Å². The number of rotatable bonds is 3. The van der Waals surface area contributed by atoms with Crippen molar-refractivity contribution in [2.45, 2.75) is 6.04 Å². The van der Waals surface area contributed by atoms with Gasteiger partial charge in [0.15, 0.2) is 17.5 Å². The Balaban J connectivity index is 2.55. The van der Waals surface area contributed by atoms with Crippen LogP contribution in [0.2, 0.25) is 0 Å². The second-order valence-electron chi connectivity index (χ2n) is 3.86. The van der Waals surface area contributed by atoms with Gasteiger partial charge in [-0.15, -0.1) is 0 Å². The quantitative estimate of drug-likeness (QED) is 0.870. The maximum absolute atomic E-state index is 13.8. The number of benzene rings is 1. The molecule has 0 aliphatic carbocycles. The molecule has 19 heavy (non-hydrogen) atoms. The number of pyridine rings is 1. The number of halogens is 4. The molecule has 1 atom stereocenters. The molecule has 1 aromatic heterocycles. The lowest BCUT2D eigenvalue weighted by atomic mass is 10.0. The topological polar surface area (TPSA) is 24.9 Å². The van der Waals surface area contributed by atoms with Gasteiger partial charge >= 0.3 is 0 Å². The maximum Gasteiger partial charge on any atom is 0.194 e. The highest BCUT2D eigenvalue weighted by atomic mass is 79.9. The van der Waals surface area contributed by atoms with Gasteiger partial charge in [-0.1, -0.05) is 6.07 Å². The van der Waals surface area contributed by atoms with Crippen LogP contribution in [0, 0.1) is 17.5 Å². The summed E-state index contributed by atoms with van der Waals surface area (Å²) in [6, 6.07) is 4.88. The van der Waals surface area contributed by atoms with Crippen molar-refractivity contribution in [1.82, 2.24) is 10.3 Å². The average molecular weight is 331 g/mol. The highest BCUT2D eigenvalue weighted by Gasteiger charge is 2.23. The maximum atomic E-state index is 13.8.